The van der Waals surface area contributed by atoms with E-state index in [1.54, 1.807) is 11.6 Å². The fraction of sp³-hybridized carbons (Fsp3) is 0.167. The van der Waals surface area contributed by atoms with E-state index in [2.05, 4.69) is 4.98 Å². The van der Waals surface area contributed by atoms with Crippen molar-refractivity contribution in [2.45, 2.75) is 13.5 Å². The van der Waals surface area contributed by atoms with E-state index in [4.69, 9.17) is 9.84 Å². The number of rotatable bonds is 4. The van der Waals surface area contributed by atoms with Crippen molar-refractivity contribution in [2.24, 2.45) is 0 Å². The third-order valence-corrected chi connectivity index (χ3v) is 3.18. The van der Waals surface area contributed by atoms with Crippen LogP contribution in [0.4, 0.5) is 0 Å². The molecule has 5 heteroatoms. The number of carbonyl (C=O) groups is 1. The van der Waals surface area contributed by atoms with Crippen molar-refractivity contribution in [3.8, 4) is 5.75 Å². The zero-order valence-corrected chi connectivity index (χ0v) is 10.0. The molecule has 88 valence electrons. The van der Waals surface area contributed by atoms with E-state index in [0.29, 0.717) is 12.4 Å². The highest BCUT2D eigenvalue weighted by atomic mass is 32.1. The first-order valence-electron chi connectivity index (χ1n) is 5.02. The number of carboxylic acid groups (broad SMARTS) is 1. The summed E-state index contributed by atoms with van der Waals surface area (Å²) in [6.45, 7) is 2.31. The Kier molecular flexibility index (Phi) is 3.39. The number of carboxylic acids is 1. The Morgan fingerprint density at radius 1 is 1.59 bits per heavy atom. The Morgan fingerprint density at radius 2 is 2.41 bits per heavy atom. The molecule has 4 nitrogen and oxygen atoms in total. The van der Waals surface area contributed by atoms with Crippen molar-refractivity contribution in [3.63, 3.8) is 0 Å². The van der Waals surface area contributed by atoms with Crippen LogP contribution in [0.1, 0.15) is 20.9 Å². The van der Waals surface area contributed by atoms with Gasteiger partial charge in [-0.3, -0.25) is 4.98 Å². The average molecular weight is 249 g/mol. The molecule has 0 aliphatic carbocycles. The molecule has 0 atom stereocenters. The molecular formula is C12H11NO3S. The van der Waals surface area contributed by atoms with Gasteiger partial charge in [0.05, 0.1) is 5.69 Å². The first-order chi connectivity index (χ1) is 8.16. The van der Waals surface area contributed by atoms with Crippen molar-refractivity contribution >= 4 is 17.3 Å². The van der Waals surface area contributed by atoms with E-state index in [-0.39, 0.29) is 4.88 Å². The first-order valence-corrected chi connectivity index (χ1v) is 5.90. The second-order valence-corrected chi connectivity index (χ2v) is 4.42. The fourth-order valence-corrected chi connectivity index (χ4v) is 1.99. The lowest BCUT2D eigenvalue weighted by Gasteiger charge is -2.05. The standard InChI is InChI=1S/C12H11NO3S/c1-8-3-2-4-13-10(8)6-16-9-5-11(12(14)15)17-7-9/h2-5,7H,6H2,1H3,(H,14,15). The Morgan fingerprint density at radius 3 is 3.06 bits per heavy atom. The smallest absolute Gasteiger partial charge is 0.346 e. The molecule has 0 spiro atoms. The van der Waals surface area contributed by atoms with Crippen molar-refractivity contribution in [1.82, 2.24) is 4.98 Å². The number of hydrogen-bond acceptors (Lipinski definition) is 4. The van der Waals surface area contributed by atoms with Crippen LogP contribution in [-0.2, 0) is 6.61 Å². The highest BCUT2D eigenvalue weighted by molar-refractivity contribution is 7.12. The minimum atomic E-state index is -0.932. The van der Waals surface area contributed by atoms with Gasteiger partial charge in [0.25, 0.3) is 0 Å². The van der Waals surface area contributed by atoms with E-state index < -0.39 is 5.97 Å². The Bertz CT molecular complexity index is 536. The molecule has 0 unspecified atom stereocenters. The molecule has 2 aromatic rings. The molecule has 2 heterocycles. The lowest BCUT2D eigenvalue weighted by molar-refractivity contribution is 0.0702. The maximum absolute atomic E-state index is 10.7. The SMILES string of the molecule is Cc1cccnc1COc1csc(C(=O)O)c1. The van der Waals surface area contributed by atoms with E-state index in [1.165, 1.54) is 6.07 Å². The topological polar surface area (TPSA) is 59.4 Å². The molecule has 2 aromatic heterocycles. The number of ether oxygens (including phenoxy) is 1. The predicted molar refractivity (Wildman–Crippen MR) is 64.6 cm³/mol. The number of hydrogen-bond donors (Lipinski definition) is 1. The summed E-state index contributed by atoms with van der Waals surface area (Å²) in [5.74, 6) is -0.365. The molecular weight excluding hydrogens is 238 g/mol. The Hall–Kier alpha value is -1.88. The summed E-state index contributed by atoms with van der Waals surface area (Å²) in [7, 11) is 0. The van der Waals surface area contributed by atoms with Crippen LogP contribution in [0.25, 0.3) is 0 Å². The monoisotopic (exact) mass is 249 g/mol. The van der Waals surface area contributed by atoms with Gasteiger partial charge in [-0.25, -0.2) is 4.79 Å². The van der Waals surface area contributed by atoms with E-state index in [9.17, 15) is 4.79 Å². The molecule has 0 aromatic carbocycles. The summed E-state index contributed by atoms with van der Waals surface area (Å²) >= 11 is 1.15. The van der Waals surface area contributed by atoms with Crippen molar-refractivity contribution in [1.29, 1.82) is 0 Å². The van der Waals surface area contributed by atoms with Gasteiger partial charge in [-0.2, -0.15) is 0 Å². The van der Waals surface area contributed by atoms with Gasteiger partial charge in [-0.15, -0.1) is 11.3 Å². The molecule has 2 rings (SSSR count). The van der Waals surface area contributed by atoms with Crippen LogP contribution in [0, 0.1) is 6.92 Å². The quantitative estimate of drug-likeness (QED) is 0.905. The number of thiophene rings is 1. The fourth-order valence-electron chi connectivity index (χ4n) is 1.33. The van der Waals surface area contributed by atoms with E-state index in [0.717, 1.165) is 22.6 Å². The molecule has 0 radical (unpaired) electrons. The summed E-state index contributed by atoms with van der Waals surface area (Å²) in [4.78, 5) is 15.2. The minimum Gasteiger partial charge on any atom is -0.486 e. The molecule has 0 bridgehead atoms. The summed E-state index contributed by atoms with van der Waals surface area (Å²) in [6.07, 6.45) is 1.71. The zero-order valence-electron chi connectivity index (χ0n) is 9.21. The molecule has 0 saturated carbocycles. The minimum absolute atomic E-state index is 0.276. The van der Waals surface area contributed by atoms with Crippen LogP contribution in [0.3, 0.4) is 0 Å². The zero-order chi connectivity index (χ0) is 12.3. The Balaban J connectivity index is 2.02. The van der Waals surface area contributed by atoms with Gasteiger partial charge in [0, 0.05) is 17.6 Å². The first kappa shape index (κ1) is 11.6. The van der Waals surface area contributed by atoms with Crippen molar-refractivity contribution in [3.05, 3.63) is 45.9 Å². The third-order valence-electron chi connectivity index (χ3n) is 2.28. The maximum Gasteiger partial charge on any atom is 0.346 e. The van der Waals surface area contributed by atoms with Gasteiger partial charge < -0.3 is 9.84 Å². The van der Waals surface area contributed by atoms with Crippen molar-refractivity contribution < 1.29 is 14.6 Å². The summed E-state index contributed by atoms with van der Waals surface area (Å²) < 4.78 is 5.49. The number of aryl methyl sites for hydroxylation is 1. The predicted octanol–water partition coefficient (Wildman–Crippen LogP) is 2.73. The van der Waals surface area contributed by atoms with E-state index in [1.807, 2.05) is 19.1 Å². The van der Waals surface area contributed by atoms with Crippen LogP contribution in [0.2, 0.25) is 0 Å². The lowest BCUT2D eigenvalue weighted by Crippen LogP contribution is -1.99. The summed E-state index contributed by atoms with van der Waals surface area (Å²) in [6, 6.07) is 5.35. The van der Waals surface area contributed by atoms with Gasteiger partial charge in [0.15, 0.2) is 0 Å². The van der Waals surface area contributed by atoms with Crippen LogP contribution < -0.4 is 4.74 Å². The average Bonchev–Trinajstić information content (AvgIpc) is 2.77. The second-order valence-electron chi connectivity index (χ2n) is 3.51. The van der Waals surface area contributed by atoms with Crippen molar-refractivity contribution in [2.75, 3.05) is 0 Å². The van der Waals surface area contributed by atoms with Crippen LogP contribution >= 0.6 is 11.3 Å². The van der Waals surface area contributed by atoms with Crippen LogP contribution in [0.15, 0.2) is 29.8 Å². The second kappa shape index (κ2) is 4.97. The summed E-state index contributed by atoms with van der Waals surface area (Å²) in [5.41, 5.74) is 1.91. The molecule has 17 heavy (non-hydrogen) atoms. The largest absolute Gasteiger partial charge is 0.486 e. The molecule has 0 saturated heterocycles. The number of pyridine rings is 1. The van der Waals surface area contributed by atoms with Gasteiger partial charge in [0.2, 0.25) is 0 Å². The summed E-state index contributed by atoms with van der Waals surface area (Å²) in [5, 5.41) is 10.5. The van der Waals surface area contributed by atoms with Gasteiger partial charge >= 0.3 is 5.97 Å². The van der Waals surface area contributed by atoms with Crippen LogP contribution in [0.5, 0.6) is 5.75 Å². The molecule has 0 aliphatic rings. The molecule has 0 amide bonds. The van der Waals surface area contributed by atoms with E-state index >= 15 is 0 Å². The highest BCUT2D eigenvalue weighted by Crippen LogP contribution is 2.22. The Labute approximate surface area is 103 Å². The van der Waals surface area contributed by atoms with Gasteiger partial charge in [0.1, 0.15) is 17.2 Å². The van der Waals surface area contributed by atoms with Gasteiger partial charge in [-0.1, -0.05) is 6.07 Å². The molecule has 0 fully saturated rings. The third kappa shape index (κ3) is 2.82. The molecule has 1 N–H and O–H groups in total. The van der Waals surface area contributed by atoms with Gasteiger partial charge in [-0.05, 0) is 18.6 Å². The number of aromatic nitrogens is 1. The maximum atomic E-state index is 10.7. The van der Waals surface area contributed by atoms with Crippen LogP contribution in [-0.4, -0.2) is 16.1 Å². The number of aromatic carboxylic acids is 1. The molecule has 0 aliphatic heterocycles. The highest BCUT2D eigenvalue weighted by Gasteiger charge is 2.08. The lowest BCUT2D eigenvalue weighted by atomic mass is 10.2. The number of nitrogens with zero attached hydrogens (tertiary/aromatic N) is 1. The normalized spacial score (nSPS) is 10.2.